The van der Waals surface area contributed by atoms with Crippen molar-refractivity contribution in [3.63, 3.8) is 0 Å². The number of rotatable bonds is 6. The molecule has 0 radical (unpaired) electrons. The van der Waals surface area contributed by atoms with Gasteiger partial charge in [-0.2, -0.15) is 4.98 Å². The maximum Gasteiger partial charge on any atom is 0.351 e. The molecular formula is C15H26N3O4P. The summed E-state index contributed by atoms with van der Waals surface area (Å²) >= 11 is 0. The van der Waals surface area contributed by atoms with Crippen LogP contribution in [0.15, 0.2) is 17.1 Å². The van der Waals surface area contributed by atoms with Crippen LogP contribution < -0.4 is 11.0 Å². The van der Waals surface area contributed by atoms with E-state index in [1.165, 1.54) is 11.7 Å². The smallest absolute Gasteiger partial charge is 0.351 e. The van der Waals surface area contributed by atoms with Crippen molar-refractivity contribution in [1.82, 2.24) is 9.55 Å². The lowest BCUT2D eigenvalue weighted by molar-refractivity contribution is -0.0540. The normalized spacial score (nSPS) is 28.0. The fourth-order valence-corrected chi connectivity index (χ4v) is 3.61. The summed E-state index contributed by atoms with van der Waals surface area (Å²) in [5.74, 6) is 0.485. The first-order valence-electron chi connectivity index (χ1n) is 7.57. The number of hydrogen-bond donors (Lipinski definition) is 2. The van der Waals surface area contributed by atoms with Gasteiger partial charge in [-0.3, -0.25) is 4.57 Å². The van der Waals surface area contributed by atoms with Gasteiger partial charge in [0.25, 0.3) is 0 Å². The molecule has 0 spiro atoms. The maximum atomic E-state index is 12.2. The highest BCUT2D eigenvalue weighted by atomic mass is 31.2. The first kappa shape index (κ1) is 18.2. The molecule has 1 aromatic rings. The lowest BCUT2D eigenvalue weighted by atomic mass is 10.1. The minimum atomic E-state index is -1.21. The molecule has 0 aromatic carbocycles. The Bertz CT molecular complexity index is 642. The minimum Gasteiger partial charge on any atom is -0.388 e. The Hall–Kier alpha value is -1.14. The highest BCUT2D eigenvalue weighted by Crippen LogP contribution is 2.39. The molecule has 1 fully saturated rings. The summed E-state index contributed by atoms with van der Waals surface area (Å²) in [6.07, 6.45) is 4.93. The molecule has 2 rings (SSSR count). The van der Waals surface area contributed by atoms with Gasteiger partial charge < -0.3 is 19.9 Å². The topological polar surface area (TPSA) is 85.6 Å². The summed E-state index contributed by atoms with van der Waals surface area (Å²) in [5.41, 5.74) is -0.443. The van der Waals surface area contributed by atoms with Gasteiger partial charge in [-0.15, -0.1) is 13.2 Å². The number of anilines is 1. The van der Waals surface area contributed by atoms with Crippen LogP contribution in [0.25, 0.3) is 0 Å². The van der Waals surface area contributed by atoms with E-state index in [-0.39, 0.29) is 6.10 Å². The molecular weight excluding hydrogens is 317 g/mol. The predicted molar refractivity (Wildman–Crippen MR) is 94.1 cm³/mol. The number of aromatic nitrogens is 2. The van der Waals surface area contributed by atoms with Gasteiger partial charge in [-0.25, -0.2) is 4.79 Å². The van der Waals surface area contributed by atoms with Crippen LogP contribution in [0.1, 0.15) is 12.6 Å². The maximum absolute atomic E-state index is 12.2. The molecule has 1 saturated heterocycles. The van der Waals surface area contributed by atoms with Gasteiger partial charge in [0.2, 0.25) is 0 Å². The van der Waals surface area contributed by atoms with Gasteiger partial charge in [-0.05, 0) is 32.0 Å². The molecule has 2 heterocycles. The Morgan fingerprint density at radius 3 is 2.78 bits per heavy atom. The largest absolute Gasteiger partial charge is 0.388 e. The van der Waals surface area contributed by atoms with Crippen molar-refractivity contribution in [3.8, 4) is 0 Å². The summed E-state index contributed by atoms with van der Waals surface area (Å²) in [6.45, 7) is 3.08. The van der Waals surface area contributed by atoms with Crippen molar-refractivity contribution in [3.05, 3.63) is 22.7 Å². The minimum absolute atomic E-state index is 0.373. The van der Waals surface area contributed by atoms with Gasteiger partial charge >= 0.3 is 5.69 Å². The summed E-state index contributed by atoms with van der Waals surface area (Å²) in [6, 6.07) is 1.68. The van der Waals surface area contributed by atoms with Crippen molar-refractivity contribution in [2.75, 3.05) is 39.0 Å². The third-order valence-corrected chi connectivity index (χ3v) is 5.43. The summed E-state index contributed by atoms with van der Waals surface area (Å²) in [4.78, 5) is 16.1. The fraction of sp³-hybridized carbons (Fsp3) is 0.667. The molecule has 0 saturated carbocycles. The van der Waals surface area contributed by atoms with Gasteiger partial charge in [-0.1, -0.05) is 0 Å². The second kappa shape index (κ2) is 7.18. The van der Waals surface area contributed by atoms with Crippen LogP contribution >= 0.6 is 6.89 Å². The molecule has 8 heteroatoms. The Labute approximate surface area is 136 Å². The van der Waals surface area contributed by atoms with E-state index in [2.05, 4.69) is 29.9 Å². The van der Waals surface area contributed by atoms with Crippen LogP contribution in [0.2, 0.25) is 0 Å². The van der Waals surface area contributed by atoms with E-state index in [1.807, 2.05) is 0 Å². The van der Waals surface area contributed by atoms with Gasteiger partial charge in [0, 0.05) is 20.4 Å². The quantitative estimate of drug-likeness (QED) is 0.738. The molecule has 1 aliphatic heterocycles. The second-order valence-corrected chi connectivity index (χ2v) is 10.8. The van der Waals surface area contributed by atoms with E-state index in [1.54, 1.807) is 19.3 Å². The molecule has 0 unspecified atom stereocenters. The number of ether oxygens (including phenoxy) is 2. The third kappa shape index (κ3) is 4.23. The fourth-order valence-electron chi connectivity index (χ4n) is 2.66. The second-order valence-electron chi connectivity index (χ2n) is 6.46. The number of aliphatic hydroxyl groups excluding tert-OH is 1. The monoisotopic (exact) mass is 343 g/mol. The number of methoxy groups -OCH3 is 1. The van der Waals surface area contributed by atoms with E-state index in [4.69, 9.17) is 9.47 Å². The Morgan fingerprint density at radius 2 is 2.26 bits per heavy atom. The molecule has 0 aliphatic carbocycles. The Morgan fingerprint density at radius 1 is 1.57 bits per heavy atom. The van der Waals surface area contributed by atoms with Crippen LogP contribution in [-0.4, -0.2) is 72.9 Å². The molecule has 1 aromatic heterocycles. The summed E-state index contributed by atoms with van der Waals surface area (Å²) in [5, 5.41) is 13.3. The van der Waals surface area contributed by atoms with Crippen LogP contribution in [0.3, 0.4) is 0 Å². The zero-order valence-corrected chi connectivity index (χ0v) is 15.0. The van der Waals surface area contributed by atoms with Gasteiger partial charge in [0.05, 0.1) is 6.10 Å². The molecule has 7 nitrogen and oxygen atoms in total. The highest BCUT2D eigenvalue weighted by molar-refractivity contribution is 7.72. The first-order valence-corrected chi connectivity index (χ1v) is 10.6. The van der Waals surface area contributed by atoms with Crippen molar-refractivity contribution in [2.45, 2.75) is 31.0 Å². The average Bonchev–Trinajstić information content (AvgIpc) is 2.80. The van der Waals surface area contributed by atoms with E-state index < -0.39 is 31.0 Å². The lowest BCUT2D eigenvalue weighted by Crippen LogP contribution is -2.37. The Balaban J connectivity index is 2.21. The van der Waals surface area contributed by atoms with E-state index in [9.17, 15) is 9.90 Å². The van der Waals surface area contributed by atoms with Crippen molar-refractivity contribution in [2.24, 2.45) is 0 Å². The number of nitrogens with zero attached hydrogens (tertiary/aromatic N) is 2. The van der Waals surface area contributed by atoms with Crippen molar-refractivity contribution in [1.29, 1.82) is 0 Å². The molecule has 130 valence electrons. The molecule has 4 atom stereocenters. The predicted octanol–water partition coefficient (Wildman–Crippen LogP) is 0.658. The van der Waals surface area contributed by atoms with Crippen molar-refractivity contribution < 1.29 is 14.6 Å². The lowest BCUT2D eigenvalue weighted by Gasteiger charge is -2.20. The van der Waals surface area contributed by atoms with Crippen LogP contribution in [0, 0.1) is 0 Å². The molecule has 2 N–H and O–H groups in total. The molecule has 0 bridgehead atoms. The van der Waals surface area contributed by atoms with Crippen molar-refractivity contribution >= 4 is 19.0 Å². The van der Waals surface area contributed by atoms with E-state index >= 15 is 0 Å². The SMILES string of the molecule is C=P(C)(C)CC[C@H]1O[C@@H](n2ccc(NC)nc2=O)[C@H](OC)[C@@H]1O. The molecule has 23 heavy (non-hydrogen) atoms. The standard InChI is InChI=1S/C15H26N3O4P/c1-16-11-6-8-18(15(20)17-11)14-13(21-2)12(19)10(22-14)7-9-23(3,4)5/h6,8,10,12-14,19H,3,7,9H2,1-2,4-5H3,(H,16,17,20)/t10-,12-,13-,14-/m1/s1. The van der Waals surface area contributed by atoms with Crippen LogP contribution in [0.5, 0.6) is 0 Å². The zero-order chi connectivity index (χ0) is 17.2. The summed E-state index contributed by atoms with van der Waals surface area (Å²) in [7, 11) is 3.20. The first-order chi connectivity index (χ1) is 10.8. The van der Waals surface area contributed by atoms with E-state index in [0.717, 1.165) is 6.16 Å². The summed E-state index contributed by atoms with van der Waals surface area (Å²) < 4.78 is 12.7. The molecule has 1 aliphatic rings. The number of hydrogen-bond acceptors (Lipinski definition) is 6. The van der Waals surface area contributed by atoms with Gasteiger partial charge in [0.1, 0.15) is 18.0 Å². The Kier molecular flexibility index (Phi) is 5.68. The van der Waals surface area contributed by atoms with E-state index in [0.29, 0.717) is 12.2 Å². The highest BCUT2D eigenvalue weighted by Gasteiger charge is 2.45. The molecule has 0 amide bonds. The van der Waals surface area contributed by atoms with Crippen LogP contribution in [0.4, 0.5) is 5.82 Å². The third-order valence-electron chi connectivity index (χ3n) is 3.96. The van der Waals surface area contributed by atoms with Crippen LogP contribution in [-0.2, 0) is 9.47 Å². The number of nitrogens with one attached hydrogen (secondary N) is 1. The average molecular weight is 343 g/mol. The number of aliphatic hydroxyl groups is 1. The zero-order valence-electron chi connectivity index (χ0n) is 14.1. The van der Waals surface area contributed by atoms with Gasteiger partial charge in [0.15, 0.2) is 6.23 Å².